The summed E-state index contributed by atoms with van der Waals surface area (Å²) in [4.78, 5) is 0. The molecule has 0 amide bonds. The second-order valence-electron chi connectivity index (χ2n) is 3.80. The third-order valence-electron chi connectivity index (χ3n) is 2.21. The Hall–Kier alpha value is -0.200. The van der Waals surface area contributed by atoms with Crippen molar-refractivity contribution in [1.29, 1.82) is 0 Å². The van der Waals surface area contributed by atoms with Gasteiger partial charge in [-0.25, -0.2) is 0 Å². The number of rotatable bonds is 1. The van der Waals surface area contributed by atoms with Gasteiger partial charge >= 0.3 is 0 Å². The lowest BCUT2D eigenvalue weighted by molar-refractivity contribution is -0.266. The first kappa shape index (κ1) is 14.8. The first-order valence-electron chi connectivity index (χ1n) is 5.30. The zero-order valence-corrected chi connectivity index (χ0v) is 9.50. The molecule has 0 spiro atoms. The summed E-state index contributed by atoms with van der Waals surface area (Å²) < 4.78 is 4.83. The predicted octanol–water partition coefficient (Wildman–Crippen LogP) is -0.530. The van der Waals surface area contributed by atoms with Gasteiger partial charge in [0.15, 0.2) is 6.29 Å². The van der Waals surface area contributed by atoms with E-state index in [2.05, 4.69) is 13.8 Å². The number of aliphatic hydroxyl groups excluding tert-OH is 4. The van der Waals surface area contributed by atoms with Crippen LogP contribution in [0.15, 0.2) is 0 Å². The molecule has 0 aliphatic carbocycles. The number of aliphatic hydroxyl groups is 4. The fraction of sp³-hybridized carbons (Fsp3) is 1.00. The Kier molecular flexibility index (Phi) is 7.04. The Morgan fingerprint density at radius 2 is 1.53 bits per heavy atom. The number of hydrogen-bond donors (Lipinski definition) is 4. The van der Waals surface area contributed by atoms with E-state index in [1.54, 1.807) is 6.92 Å². The van der Waals surface area contributed by atoms with E-state index in [9.17, 15) is 10.2 Å². The van der Waals surface area contributed by atoms with E-state index in [0.29, 0.717) is 0 Å². The van der Waals surface area contributed by atoms with Crippen LogP contribution in [0.2, 0.25) is 0 Å². The van der Waals surface area contributed by atoms with Gasteiger partial charge in [0.05, 0.1) is 12.7 Å². The summed E-state index contributed by atoms with van der Waals surface area (Å²) >= 11 is 0. The molecule has 4 N–H and O–H groups in total. The Morgan fingerprint density at radius 1 is 1.07 bits per heavy atom. The molecule has 1 saturated heterocycles. The van der Waals surface area contributed by atoms with Crippen LogP contribution in [0.25, 0.3) is 0 Å². The van der Waals surface area contributed by atoms with E-state index in [4.69, 9.17) is 14.9 Å². The first-order chi connectivity index (χ1) is 6.99. The van der Waals surface area contributed by atoms with Crippen molar-refractivity contribution in [2.24, 2.45) is 5.92 Å². The van der Waals surface area contributed by atoms with Gasteiger partial charge in [-0.3, -0.25) is 0 Å². The summed E-state index contributed by atoms with van der Waals surface area (Å²) in [5, 5.41) is 36.4. The first-order valence-corrected chi connectivity index (χ1v) is 5.30. The third kappa shape index (κ3) is 4.04. The lowest BCUT2D eigenvalue weighted by Crippen LogP contribution is -2.54. The maximum atomic E-state index is 9.32. The molecule has 0 radical (unpaired) electrons. The van der Waals surface area contributed by atoms with Crippen molar-refractivity contribution in [3.63, 3.8) is 0 Å². The zero-order chi connectivity index (χ0) is 12.0. The molecule has 0 unspecified atom stereocenters. The fourth-order valence-electron chi connectivity index (χ4n) is 1.23. The maximum absolute atomic E-state index is 9.32. The molecule has 0 saturated carbocycles. The van der Waals surface area contributed by atoms with Crippen LogP contribution in [0.1, 0.15) is 27.2 Å². The molecule has 1 heterocycles. The van der Waals surface area contributed by atoms with Crippen LogP contribution in [-0.4, -0.2) is 51.6 Å². The van der Waals surface area contributed by atoms with Crippen LogP contribution >= 0.6 is 0 Å². The van der Waals surface area contributed by atoms with Gasteiger partial charge < -0.3 is 25.2 Å². The highest BCUT2D eigenvalue weighted by molar-refractivity contribution is 4.86. The van der Waals surface area contributed by atoms with Crippen LogP contribution in [0.4, 0.5) is 0 Å². The molecule has 0 aromatic rings. The topological polar surface area (TPSA) is 90.2 Å². The van der Waals surface area contributed by atoms with Gasteiger partial charge in [0.25, 0.3) is 0 Å². The molecule has 1 fully saturated rings. The number of hydrogen-bond acceptors (Lipinski definition) is 5. The minimum Gasteiger partial charge on any atom is -0.394 e. The van der Waals surface area contributed by atoms with E-state index in [0.717, 1.165) is 0 Å². The highest BCUT2D eigenvalue weighted by Crippen LogP contribution is 2.23. The minimum absolute atomic E-state index is 0.415. The van der Waals surface area contributed by atoms with Crippen molar-refractivity contribution in [2.45, 2.75) is 51.8 Å². The van der Waals surface area contributed by atoms with Gasteiger partial charge in [-0.1, -0.05) is 27.2 Å². The summed E-state index contributed by atoms with van der Waals surface area (Å²) in [6.07, 6.45) is -2.95. The average molecular weight is 222 g/mol. The van der Waals surface area contributed by atoms with Crippen molar-refractivity contribution < 1.29 is 25.2 Å². The van der Waals surface area contributed by atoms with E-state index in [1.165, 1.54) is 6.42 Å². The standard InChI is InChI=1S/C7H14O5.C3H8/c1-3-5(9)6(10)4(2-8)12-7(3)11;1-3-2/h3-11H,2H2,1H3;3H2,1-2H3/t3-,4+,5+,6+,7-;/m1./s1. The molecule has 0 aromatic carbocycles. The highest BCUT2D eigenvalue weighted by atomic mass is 16.6. The Bertz CT molecular complexity index is 159. The van der Waals surface area contributed by atoms with E-state index in [1.807, 2.05) is 0 Å². The smallest absolute Gasteiger partial charge is 0.160 e. The molecule has 0 aromatic heterocycles. The SMILES string of the molecule is CCC.C[C@@H]1[C@H](O)[C@@H](O)[C@H](CO)O[C@H]1O. The lowest BCUT2D eigenvalue weighted by Gasteiger charge is -2.38. The van der Waals surface area contributed by atoms with Crippen molar-refractivity contribution in [3.8, 4) is 0 Å². The summed E-state index contributed by atoms with van der Waals surface area (Å²) in [6, 6.07) is 0. The van der Waals surface area contributed by atoms with Crippen molar-refractivity contribution in [3.05, 3.63) is 0 Å². The summed E-state index contributed by atoms with van der Waals surface area (Å²) in [5.41, 5.74) is 0. The van der Waals surface area contributed by atoms with Crippen molar-refractivity contribution >= 4 is 0 Å². The molecule has 1 aliphatic rings. The largest absolute Gasteiger partial charge is 0.394 e. The molecule has 5 atom stereocenters. The molecular formula is C10H22O5. The average Bonchev–Trinajstić information content (AvgIpc) is 2.21. The fourth-order valence-corrected chi connectivity index (χ4v) is 1.23. The van der Waals surface area contributed by atoms with E-state index in [-0.39, 0.29) is 0 Å². The van der Waals surface area contributed by atoms with Gasteiger partial charge in [-0.15, -0.1) is 0 Å². The summed E-state index contributed by atoms with van der Waals surface area (Å²) in [7, 11) is 0. The summed E-state index contributed by atoms with van der Waals surface area (Å²) in [6.45, 7) is 5.40. The molecule has 5 heteroatoms. The molecule has 92 valence electrons. The predicted molar refractivity (Wildman–Crippen MR) is 55.1 cm³/mol. The molecule has 5 nitrogen and oxygen atoms in total. The van der Waals surface area contributed by atoms with Crippen molar-refractivity contribution in [2.75, 3.05) is 6.61 Å². The van der Waals surface area contributed by atoms with E-state index >= 15 is 0 Å². The quantitative estimate of drug-likeness (QED) is 0.479. The van der Waals surface area contributed by atoms with Crippen LogP contribution < -0.4 is 0 Å². The Balaban J connectivity index is 0.000000583. The molecular weight excluding hydrogens is 200 g/mol. The van der Waals surface area contributed by atoms with Gasteiger partial charge in [0.2, 0.25) is 0 Å². The summed E-state index contributed by atoms with van der Waals surface area (Å²) in [5.74, 6) is -0.539. The third-order valence-corrected chi connectivity index (χ3v) is 2.21. The van der Waals surface area contributed by atoms with Crippen LogP contribution in [-0.2, 0) is 4.74 Å². The number of ether oxygens (including phenoxy) is 1. The van der Waals surface area contributed by atoms with E-state index < -0.39 is 37.1 Å². The van der Waals surface area contributed by atoms with Crippen LogP contribution in [0.5, 0.6) is 0 Å². The molecule has 0 bridgehead atoms. The molecule has 1 rings (SSSR count). The minimum atomic E-state index is -1.13. The van der Waals surface area contributed by atoms with Gasteiger partial charge in [0, 0.05) is 5.92 Å². The highest BCUT2D eigenvalue weighted by Gasteiger charge is 2.40. The molecule has 1 aliphatic heterocycles. The Morgan fingerprint density at radius 3 is 1.93 bits per heavy atom. The van der Waals surface area contributed by atoms with Crippen LogP contribution in [0.3, 0.4) is 0 Å². The second kappa shape index (κ2) is 7.14. The van der Waals surface area contributed by atoms with Gasteiger partial charge in [-0.2, -0.15) is 0 Å². The zero-order valence-electron chi connectivity index (χ0n) is 9.50. The van der Waals surface area contributed by atoms with Crippen LogP contribution in [0, 0.1) is 5.92 Å². The second-order valence-corrected chi connectivity index (χ2v) is 3.80. The van der Waals surface area contributed by atoms with Gasteiger partial charge in [0.1, 0.15) is 12.2 Å². The maximum Gasteiger partial charge on any atom is 0.160 e. The normalized spacial score (nSPS) is 40.6. The Labute approximate surface area is 90.3 Å². The van der Waals surface area contributed by atoms with Gasteiger partial charge in [-0.05, 0) is 0 Å². The van der Waals surface area contributed by atoms with Crippen molar-refractivity contribution in [1.82, 2.24) is 0 Å². The lowest BCUT2D eigenvalue weighted by atomic mass is 9.93. The molecule has 15 heavy (non-hydrogen) atoms. The monoisotopic (exact) mass is 222 g/mol.